The molecule has 0 bridgehead atoms. The topological polar surface area (TPSA) is 33.1 Å². The Morgan fingerprint density at radius 1 is 0.938 bits per heavy atom. The molecular weight excluding hydrogens is 268 g/mol. The lowest BCUT2D eigenvalue weighted by molar-refractivity contribution is 0.475. The summed E-state index contributed by atoms with van der Waals surface area (Å²) in [5, 5.41) is 10.1. The number of phenolic OH excluding ortho intramolecular Hbond substituents is 1. The molecule has 82 valence electrons. The monoisotopic (exact) mass is 273 g/mol. The minimum atomic E-state index is 0.180. The van der Waals surface area contributed by atoms with E-state index in [1.54, 1.807) is 30.3 Å². The molecule has 5 heteroatoms. The third-order valence-corrected chi connectivity index (χ3v) is 2.99. The lowest BCUT2D eigenvalue weighted by Crippen LogP contribution is -1.86. The molecule has 0 aliphatic rings. The normalized spacial score (nSPS) is 10.4. The van der Waals surface area contributed by atoms with Crippen LogP contribution in [-0.2, 0) is 0 Å². The van der Waals surface area contributed by atoms with E-state index >= 15 is 0 Å². The van der Waals surface area contributed by atoms with Crippen molar-refractivity contribution >= 4 is 34.8 Å². The van der Waals surface area contributed by atoms with E-state index in [0.29, 0.717) is 15.7 Å². The van der Waals surface area contributed by atoms with Gasteiger partial charge in [0.25, 0.3) is 0 Å². The fourth-order valence-electron chi connectivity index (χ4n) is 1.27. The highest BCUT2D eigenvalue weighted by molar-refractivity contribution is 6.42. The molecule has 0 aliphatic carbocycles. The standard InChI is InChI=1S/C11H6Cl3NO/c12-8-5-9(13)11(14)15-10(8)6-1-3-7(16)4-2-6/h1-5,16H. The molecule has 0 aliphatic heterocycles. The van der Waals surface area contributed by atoms with Crippen LogP contribution in [0.15, 0.2) is 30.3 Å². The molecule has 0 radical (unpaired) electrons. The van der Waals surface area contributed by atoms with E-state index in [1.807, 2.05) is 0 Å². The summed E-state index contributed by atoms with van der Waals surface area (Å²) in [5.41, 5.74) is 1.30. The molecule has 1 aromatic carbocycles. The average molecular weight is 275 g/mol. The lowest BCUT2D eigenvalue weighted by atomic mass is 10.1. The van der Waals surface area contributed by atoms with Crippen LogP contribution in [0.4, 0.5) is 0 Å². The molecule has 0 amide bonds. The molecule has 1 heterocycles. The summed E-state index contributed by atoms with van der Waals surface area (Å²) in [6.45, 7) is 0. The van der Waals surface area contributed by atoms with E-state index in [9.17, 15) is 5.11 Å². The largest absolute Gasteiger partial charge is 0.508 e. The number of aromatic nitrogens is 1. The van der Waals surface area contributed by atoms with Gasteiger partial charge in [0.05, 0.1) is 15.7 Å². The summed E-state index contributed by atoms with van der Waals surface area (Å²) in [5.74, 6) is 0.180. The zero-order valence-corrected chi connectivity index (χ0v) is 10.2. The van der Waals surface area contributed by atoms with Crippen molar-refractivity contribution in [3.05, 3.63) is 45.5 Å². The first-order valence-corrected chi connectivity index (χ1v) is 5.52. The Morgan fingerprint density at radius 2 is 1.56 bits per heavy atom. The van der Waals surface area contributed by atoms with Gasteiger partial charge < -0.3 is 5.11 Å². The first-order valence-electron chi connectivity index (χ1n) is 4.39. The van der Waals surface area contributed by atoms with E-state index in [0.717, 1.165) is 5.56 Å². The molecule has 0 saturated heterocycles. The number of hydrogen-bond acceptors (Lipinski definition) is 2. The summed E-state index contributed by atoms with van der Waals surface area (Å²) in [6.07, 6.45) is 0. The molecule has 0 saturated carbocycles. The fraction of sp³-hybridized carbons (Fsp3) is 0. The molecule has 16 heavy (non-hydrogen) atoms. The zero-order chi connectivity index (χ0) is 11.7. The molecule has 2 rings (SSSR count). The van der Waals surface area contributed by atoms with Crippen molar-refractivity contribution in [2.24, 2.45) is 0 Å². The smallest absolute Gasteiger partial charge is 0.148 e. The predicted molar refractivity (Wildman–Crippen MR) is 66.4 cm³/mol. The Labute approximate surface area is 107 Å². The molecule has 0 fully saturated rings. The van der Waals surface area contributed by atoms with Crippen molar-refractivity contribution in [2.75, 3.05) is 0 Å². The predicted octanol–water partition coefficient (Wildman–Crippen LogP) is 4.41. The van der Waals surface area contributed by atoms with Gasteiger partial charge in [0, 0.05) is 5.56 Å². The van der Waals surface area contributed by atoms with Crippen LogP contribution in [0.5, 0.6) is 5.75 Å². The summed E-state index contributed by atoms with van der Waals surface area (Å²) in [6, 6.07) is 8.05. The maximum atomic E-state index is 9.17. The SMILES string of the molecule is Oc1ccc(-c2nc(Cl)c(Cl)cc2Cl)cc1. The molecular formula is C11H6Cl3NO. The van der Waals surface area contributed by atoms with Crippen molar-refractivity contribution in [2.45, 2.75) is 0 Å². The van der Waals surface area contributed by atoms with Crippen molar-refractivity contribution in [1.82, 2.24) is 4.98 Å². The van der Waals surface area contributed by atoms with Gasteiger partial charge in [0.1, 0.15) is 10.9 Å². The summed E-state index contributed by atoms with van der Waals surface area (Å²) in [4.78, 5) is 4.09. The van der Waals surface area contributed by atoms with Crippen LogP contribution < -0.4 is 0 Å². The van der Waals surface area contributed by atoms with Crippen LogP contribution in [0.1, 0.15) is 0 Å². The van der Waals surface area contributed by atoms with Gasteiger partial charge in [-0.05, 0) is 30.3 Å². The molecule has 0 unspecified atom stereocenters. The first-order chi connectivity index (χ1) is 7.58. The zero-order valence-electron chi connectivity index (χ0n) is 7.92. The van der Waals surface area contributed by atoms with E-state index in [1.165, 1.54) is 0 Å². The minimum Gasteiger partial charge on any atom is -0.508 e. The number of hydrogen-bond donors (Lipinski definition) is 1. The summed E-state index contributed by atoms with van der Waals surface area (Å²) >= 11 is 17.6. The van der Waals surface area contributed by atoms with Crippen LogP contribution in [0.2, 0.25) is 15.2 Å². The highest BCUT2D eigenvalue weighted by atomic mass is 35.5. The summed E-state index contributed by atoms with van der Waals surface area (Å²) in [7, 11) is 0. The highest BCUT2D eigenvalue weighted by Gasteiger charge is 2.09. The van der Waals surface area contributed by atoms with E-state index in [2.05, 4.69) is 4.98 Å². The highest BCUT2D eigenvalue weighted by Crippen LogP contribution is 2.32. The van der Waals surface area contributed by atoms with Crippen molar-refractivity contribution in [1.29, 1.82) is 0 Å². The molecule has 1 aromatic heterocycles. The molecule has 2 aromatic rings. The van der Waals surface area contributed by atoms with Crippen LogP contribution in [0, 0.1) is 0 Å². The fourth-order valence-corrected chi connectivity index (χ4v) is 1.87. The number of aromatic hydroxyl groups is 1. The van der Waals surface area contributed by atoms with Crippen LogP contribution >= 0.6 is 34.8 Å². The van der Waals surface area contributed by atoms with Crippen molar-refractivity contribution < 1.29 is 5.11 Å². The van der Waals surface area contributed by atoms with Gasteiger partial charge in [-0.15, -0.1) is 0 Å². The maximum Gasteiger partial charge on any atom is 0.148 e. The van der Waals surface area contributed by atoms with Crippen molar-refractivity contribution in [3.8, 4) is 17.0 Å². The first kappa shape index (κ1) is 11.5. The van der Waals surface area contributed by atoms with Gasteiger partial charge in [-0.25, -0.2) is 4.98 Å². The van der Waals surface area contributed by atoms with Gasteiger partial charge in [-0.2, -0.15) is 0 Å². The average Bonchev–Trinajstić information content (AvgIpc) is 2.25. The van der Waals surface area contributed by atoms with Gasteiger partial charge in [0.2, 0.25) is 0 Å². The molecule has 0 atom stereocenters. The molecule has 2 nitrogen and oxygen atoms in total. The second-order valence-corrected chi connectivity index (χ2v) is 4.31. The number of phenols is 1. The van der Waals surface area contributed by atoms with Crippen molar-refractivity contribution in [3.63, 3.8) is 0 Å². The second-order valence-electron chi connectivity index (χ2n) is 3.14. The number of pyridine rings is 1. The molecule has 1 N–H and O–H groups in total. The molecule has 0 spiro atoms. The Morgan fingerprint density at radius 3 is 2.19 bits per heavy atom. The van der Waals surface area contributed by atoms with E-state index in [4.69, 9.17) is 34.8 Å². The Hall–Kier alpha value is -0.960. The third kappa shape index (κ3) is 2.24. The van der Waals surface area contributed by atoms with Crippen LogP contribution in [0.3, 0.4) is 0 Å². The second kappa shape index (κ2) is 4.50. The van der Waals surface area contributed by atoms with Gasteiger partial charge in [-0.3, -0.25) is 0 Å². The lowest BCUT2D eigenvalue weighted by Gasteiger charge is -2.05. The van der Waals surface area contributed by atoms with Crippen LogP contribution in [-0.4, -0.2) is 10.1 Å². The van der Waals surface area contributed by atoms with E-state index in [-0.39, 0.29) is 10.9 Å². The van der Waals surface area contributed by atoms with Gasteiger partial charge in [0.15, 0.2) is 0 Å². The minimum absolute atomic E-state index is 0.180. The number of halogens is 3. The third-order valence-electron chi connectivity index (χ3n) is 2.03. The maximum absolute atomic E-state index is 9.17. The van der Waals surface area contributed by atoms with Gasteiger partial charge in [-0.1, -0.05) is 34.8 Å². The Bertz CT molecular complexity index is 525. The Kier molecular flexibility index (Phi) is 3.24. The number of benzene rings is 1. The number of nitrogens with zero attached hydrogens (tertiary/aromatic N) is 1. The van der Waals surface area contributed by atoms with Crippen LogP contribution in [0.25, 0.3) is 11.3 Å². The van der Waals surface area contributed by atoms with E-state index < -0.39 is 0 Å². The Balaban J connectivity index is 2.56. The summed E-state index contributed by atoms with van der Waals surface area (Å²) < 4.78 is 0. The number of rotatable bonds is 1. The van der Waals surface area contributed by atoms with Gasteiger partial charge >= 0.3 is 0 Å². The quantitative estimate of drug-likeness (QED) is 0.781.